The number of aliphatic hydroxyl groups excluding tert-OH is 1. The second-order valence-electron chi connectivity index (χ2n) is 6.67. The van der Waals surface area contributed by atoms with E-state index in [0.29, 0.717) is 5.69 Å². The Morgan fingerprint density at radius 3 is 2.35 bits per heavy atom. The summed E-state index contributed by atoms with van der Waals surface area (Å²) in [6.45, 7) is 5.18. The average molecular weight is 353 g/mol. The van der Waals surface area contributed by atoms with Gasteiger partial charge in [-0.2, -0.15) is 0 Å². The lowest BCUT2D eigenvalue weighted by Crippen LogP contribution is -2.32. The molecule has 0 saturated carbocycles. The number of nitrogens with zero attached hydrogens (tertiary/aromatic N) is 1. The maximum atomic E-state index is 14.6. The molecule has 0 aromatic heterocycles. The topological polar surface area (TPSA) is 57.6 Å². The molecule has 1 atom stereocenters. The van der Waals surface area contributed by atoms with Crippen molar-refractivity contribution >= 4 is 17.4 Å². The van der Waals surface area contributed by atoms with E-state index in [1.54, 1.807) is 38.1 Å². The van der Waals surface area contributed by atoms with Crippen molar-refractivity contribution in [3.05, 3.63) is 76.8 Å². The van der Waals surface area contributed by atoms with Crippen molar-refractivity contribution < 1.29 is 19.1 Å². The summed E-state index contributed by atoms with van der Waals surface area (Å²) in [5.41, 5.74) is 1.44. The second kappa shape index (κ2) is 6.75. The van der Waals surface area contributed by atoms with Crippen molar-refractivity contribution in [3.63, 3.8) is 0 Å². The van der Waals surface area contributed by atoms with E-state index in [1.165, 1.54) is 17.0 Å². The molecule has 1 heterocycles. The van der Waals surface area contributed by atoms with E-state index < -0.39 is 29.4 Å². The summed E-state index contributed by atoms with van der Waals surface area (Å²) < 4.78 is 14.6. The summed E-state index contributed by atoms with van der Waals surface area (Å²) in [6.07, 6.45) is 0. The Kier molecular flexibility index (Phi) is 4.64. The van der Waals surface area contributed by atoms with Gasteiger partial charge in [0.05, 0.1) is 11.6 Å². The van der Waals surface area contributed by atoms with E-state index in [2.05, 4.69) is 0 Å². The number of aliphatic hydroxyl groups is 1. The third-order valence-corrected chi connectivity index (χ3v) is 4.57. The largest absolute Gasteiger partial charge is 0.503 e. The van der Waals surface area contributed by atoms with Crippen LogP contribution < -0.4 is 4.90 Å². The van der Waals surface area contributed by atoms with E-state index in [4.69, 9.17) is 0 Å². The van der Waals surface area contributed by atoms with Crippen LogP contribution in [-0.2, 0) is 9.59 Å². The molecule has 0 bridgehead atoms. The molecule has 26 heavy (non-hydrogen) atoms. The third kappa shape index (κ3) is 2.79. The van der Waals surface area contributed by atoms with Crippen LogP contribution in [-0.4, -0.2) is 16.8 Å². The summed E-state index contributed by atoms with van der Waals surface area (Å²) >= 11 is 0. The molecule has 1 unspecified atom stereocenters. The van der Waals surface area contributed by atoms with Crippen LogP contribution >= 0.6 is 0 Å². The third-order valence-electron chi connectivity index (χ3n) is 4.57. The lowest BCUT2D eigenvalue weighted by Gasteiger charge is -2.28. The minimum Gasteiger partial charge on any atom is -0.503 e. The summed E-state index contributed by atoms with van der Waals surface area (Å²) in [5, 5.41) is 10.5. The molecule has 1 N–H and O–H groups in total. The lowest BCUT2D eigenvalue weighted by molar-refractivity contribution is -0.119. The molecule has 4 nitrogen and oxygen atoms in total. The van der Waals surface area contributed by atoms with Gasteiger partial charge in [0.15, 0.2) is 11.5 Å². The molecule has 0 spiro atoms. The van der Waals surface area contributed by atoms with Gasteiger partial charge in [0.25, 0.3) is 5.91 Å². The Labute approximate surface area is 151 Å². The van der Waals surface area contributed by atoms with Crippen LogP contribution in [0.4, 0.5) is 10.1 Å². The number of amides is 1. The fourth-order valence-electron chi connectivity index (χ4n) is 3.24. The van der Waals surface area contributed by atoms with Crippen LogP contribution in [0.15, 0.2) is 59.9 Å². The van der Waals surface area contributed by atoms with Crippen LogP contribution in [0, 0.1) is 18.7 Å². The molecular weight excluding hydrogens is 333 g/mol. The molecule has 5 heteroatoms. The molecule has 1 aliphatic rings. The van der Waals surface area contributed by atoms with E-state index in [-0.39, 0.29) is 16.9 Å². The fraction of sp³-hybridized carbons (Fsp3) is 0.238. The van der Waals surface area contributed by atoms with Gasteiger partial charge in [-0.25, -0.2) is 4.39 Å². The molecule has 0 radical (unpaired) electrons. The molecule has 1 aliphatic heterocycles. The Bertz CT molecular complexity index is 917. The number of para-hydroxylation sites is 1. The van der Waals surface area contributed by atoms with Crippen LogP contribution in [0.2, 0.25) is 0 Å². The smallest absolute Gasteiger partial charge is 0.294 e. The van der Waals surface area contributed by atoms with Gasteiger partial charge >= 0.3 is 0 Å². The molecule has 0 aliphatic carbocycles. The first kappa shape index (κ1) is 17.9. The summed E-state index contributed by atoms with van der Waals surface area (Å²) in [5.74, 6) is -2.66. The van der Waals surface area contributed by atoms with Crippen LogP contribution in [0.3, 0.4) is 0 Å². The fourth-order valence-corrected chi connectivity index (χ4v) is 3.24. The molecular formula is C21H20FNO3. The molecule has 2 aromatic rings. The zero-order valence-corrected chi connectivity index (χ0v) is 14.9. The van der Waals surface area contributed by atoms with Gasteiger partial charge in [-0.3, -0.25) is 14.5 Å². The minimum absolute atomic E-state index is 0.0571. The summed E-state index contributed by atoms with van der Waals surface area (Å²) in [6, 6.07) is 12.1. The normalized spacial score (nSPS) is 17.3. The zero-order chi connectivity index (χ0) is 19.0. The quantitative estimate of drug-likeness (QED) is 0.893. The molecule has 1 amide bonds. The van der Waals surface area contributed by atoms with Crippen LogP contribution in [0.1, 0.15) is 31.0 Å². The Hall–Kier alpha value is -2.95. The summed E-state index contributed by atoms with van der Waals surface area (Å²) in [4.78, 5) is 26.9. The number of rotatable bonds is 4. The molecule has 3 rings (SSSR count). The van der Waals surface area contributed by atoms with Gasteiger partial charge in [-0.15, -0.1) is 0 Å². The summed E-state index contributed by atoms with van der Waals surface area (Å²) in [7, 11) is 0. The minimum atomic E-state index is -1.00. The first-order valence-corrected chi connectivity index (χ1v) is 8.45. The highest BCUT2D eigenvalue weighted by molar-refractivity contribution is 6.17. The monoisotopic (exact) mass is 353 g/mol. The number of hydrogen-bond donors (Lipinski definition) is 1. The second-order valence-corrected chi connectivity index (χ2v) is 6.67. The van der Waals surface area contributed by atoms with E-state index in [1.807, 2.05) is 19.1 Å². The van der Waals surface area contributed by atoms with Gasteiger partial charge in [-0.1, -0.05) is 50.2 Å². The molecule has 0 fully saturated rings. The zero-order valence-electron chi connectivity index (χ0n) is 14.9. The van der Waals surface area contributed by atoms with Crippen molar-refractivity contribution in [3.8, 4) is 0 Å². The highest BCUT2D eigenvalue weighted by Crippen LogP contribution is 2.43. The van der Waals surface area contributed by atoms with Crippen molar-refractivity contribution in [2.45, 2.75) is 26.8 Å². The SMILES string of the molecule is Cc1ccccc1N1C(=O)C(O)=C(C(=O)C(C)C)C1c1ccccc1F. The first-order chi connectivity index (χ1) is 12.3. The number of hydrogen-bond acceptors (Lipinski definition) is 3. The number of carbonyl (C=O) groups is 2. The number of carbonyl (C=O) groups excluding carboxylic acids is 2. The van der Waals surface area contributed by atoms with Gasteiger partial charge in [-0.05, 0) is 24.6 Å². The number of halogens is 1. The number of benzene rings is 2. The van der Waals surface area contributed by atoms with Gasteiger partial charge in [0, 0.05) is 17.2 Å². The van der Waals surface area contributed by atoms with E-state index >= 15 is 0 Å². The molecule has 134 valence electrons. The van der Waals surface area contributed by atoms with Crippen molar-refractivity contribution in [2.24, 2.45) is 5.92 Å². The lowest BCUT2D eigenvalue weighted by atomic mass is 9.90. The number of ketones is 1. The predicted octanol–water partition coefficient (Wildman–Crippen LogP) is 4.26. The Balaban J connectivity index is 2.26. The van der Waals surface area contributed by atoms with Crippen molar-refractivity contribution in [1.82, 2.24) is 0 Å². The standard InChI is InChI=1S/C21H20FNO3/c1-12(2)19(24)17-18(14-9-5-6-10-15(14)22)23(21(26)20(17)25)16-11-7-4-8-13(16)3/h4-12,18,25H,1-3H3. The van der Waals surface area contributed by atoms with Crippen molar-refractivity contribution in [1.29, 1.82) is 0 Å². The number of aryl methyl sites for hydroxylation is 1. The van der Waals surface area contributed by atoms with Gasteiger partial charge in [0.2, 0.25) is 0 Å². The van der Waals surface area contributed by atoms with Gasteiger partial charge in [0.1, 0.15) is 5.82 Å². The van der Waals surface area contributed by atoms with Crippen molar-refractivity contribution in [2.75, 3.05) is 4.90 Å². The molecule has 0 saturated heterocycles. The Morgan fingerprint density at radius 1 is 1.12 bits per heavy atom. The highest BCUT2D eigenvalue weighted by atomic mass is 19.1. The predicted molar refractivity (Wildman–Crippen MR) is 97.3 cm³/mol. The number of Topliss-reactive ketones (excluding diaryl/α,β-unsaturated/α-hetero) is 1. The van der Waals surface area contributed by atoms with Gasteiger partial charge < -0.3 is 5.11 Å². The molecule has 2 aromatic carbocycles. The van der Waals surface area contributed by atoms with E-state index in [9.17, 15) is 19.1 Å². The van der Waals surface area contributed by atoms with Crippen LogP contribution in [0.25, 0.3) is 0 Å². The van der Waals surface area contributed by atoms with E-state index in [0.717, 1.165) is 5.56 Å². The maximum absolute atomic E-state index is 14.6. The average Bonchev–Trinajstić information content (AvgIpc) is 2.86. The maximum Gasteiger partial charge on any atom is 0.294 e. The Morgan fingerprint density at radius 2 is 1.73 bits per heavy atom. The number of anilines is 1. The van der Waals surface area contributed by atoms with Crippen LogP contribution in [0.5, 0.6) is 0 Å². The highest BCUT2D eigenvalue weighted by Gasteiger charge is 2.45. The first-order valence-electron chi connectivity index (χ1n) is 8.45.